The van der Waals surface area contributed by atoms with E-state index in [1.54, 1.807) is 12.1 Å². The van der Waals surface area contributed by atoms with E-state index in [2.05, 4.69) is 26.2 Å². The Kier molecular flexibility index (Phi) is 6.99. The number of aliphatic hydroxyl groups is 1. The van der Waals surface area contributed by atoms with Crippen LogP contribution < -0.4 is 10.9 Å². The largest absolute Gasteiger partial charge is 0.391 e. The van der Waals surface area contributed by atoms with Crippen molar-refractivity contribution in [3.05, 3.63) is 38.3 Å². The fourth-order valence-corrected chi connectivity index (χ4v) is 3.40. The first-order valence-corrected chi connectivity index (χ1v) is 8.90. The molecule has 0 radical (unpaired) electrons. The summed E-state index contributed by atoms with van der Waals surface area (Å²) in [4.78, 5) is 29.0. The molecular formula is C16H18BrCl2N3O3. The number of carbonyl (C=O) groups is 1. The zero-order valence-corrected chi connectivity index (χ0v) is 16.4. The van der Waals surface area contributed by atoms with Crippen molar-refractivity contribution in [1.29, 1.82) is 0 Å². The molecule has 0 saturated carbocycles. The first-order chi connectivity index (χ1) is 11.5. The molecule has 0 bridgehead atoms. The van der Waals surface area contributed by atoms with E-state index < -0.39 is 6.10 Å². The lowest BCUT2D eigenvalue weighted by molar-refractivity contribution is -0.121. The molecule has 1 aliphatic heterocycles. The second kappa shape index (κ2) is 8.60. The SMILES string of the molecule is Cl.O=C(CC1NCCC[C@H]1O)Cn1cnc2cc(Br)c(Cl)cc2c1=O. The maximum Gasteiger partial charge on any atom is 0.261 e. The topological polar surface area (TPSA) is 84.2 Å². The summed E-state index contributed by atoms with van der Waals surface area (Å²) >= 11 is 9.33. The van der Waals surface area contributed by atoms with Crippen molar-refractivity contribution in [2.24, 2.45) is 0 Å². The molecule has 25 heavy (non-hydrogen) atoms. The Hall–Kier alpha value is -0.990. The van der Waals surface area contributed by atoms with Gasteiger partial charge in [0, 0.05) is 16.9 Å². The third-order valence-corrected chi connectivity index (χ3v) is 5.41. The van der Waals surface area contributed by atoms with E-state index in [9.17, 15) is 14.7 Å². The van der Waals surface area contributed by atoms with Gasteiger partial charge in [0.1, 0.15) is 0 Å². The second-order valence-corrected chi connectivity index (χ2v) is 7.24. The van der Waals surface area contributed by atoms with Crippen molar-refractivity contribution in [3.63, 3.8) is 0 Å². The molecule has 2 aromatic rings. The lowest BCUT2D eigenvalue weighted by Gasteiger charge is -2.28. The van der Waals surface area contributed by atoms with Crippen molar-refractivity contribution in [3.8, 4) is 0 Å². The Morgan fingerprint density at radius 1 is 1.48 bits per heavy atom. The Balaban J connectivity index is 0.00000225. The summed E-state index contributed by atoms with van der Waals surface area (Å²) in [5.74, 6) is -0.125. The van der Waals surface area contributed by atoms with Gasteiger partial charge in [-0.1, -0.05) is 11.6 Å². The Morgan fingerprint density at radius 2 is 2.24 bits per heavy atom. The molecule has 1 aromatic carbocycles. The molecule has 2 atom stereocenters. The number of hydrogen-bond donors (Lipinski definition) is 2. The minimum absolute atomic E-state index is 0. The number of benzene rings is 1. The minimum Gasteiger partial charge on any atom is -0.391 e. The molecule has 1 fully saturated rings. The number of carbonyl (C=O) groups excluding carboxylic acids is 1. The molecule has 136 valence electrons. The number of nitrogens with zero attached hydrogens (tertiary/aromatic N) is 2. The molecule has 0 spiro atoms. The number of halogens is 3. The summed E-state index contributed by atoms with van der Waals surface area (Å²) in [6.07, 6.45) is 2.62. The molecular weight excluding hydrogens is 433 g/mol. The predicted octanol–water partition coefficient (Wildman–Crippen LogP) is 2.31. The van der Waals surface area contributed by atoms with Gasteiger partial charge in [0.05, 0.1) is 34.9 Å². The Bertz CT molecular complexity index is 843. The van der Waals surface area contributed by atoms with Crippen LogP contribution in [0.15, 0.2) is 27.7 Å². The van der Waals surface area contributed by atoms with Crippen molar-refractivity contribution in [2.75, 3.05) is 6.54 Å². The van der Waals surface area contributed by atoms with E-state index in [-0.39, 0.29) is 42.8 Å². The van der Waals surface area contributed by atoms with Crippen molar-refractivity contribution in [1.82, 2.24) is 14.9 Å². The highest BCUT2D eigenvalue weighted by atomic mass is 79.9. The van der Waals surface area contributed by atoms with Gasteiger partial charge in [-0.25, -0.2) is 4.98 Å². The molecule has 1 unspecified atom stereocenters. The highest BCUT2D eigenvalue weighted by Crippen LogP contribution is 2.25. The van der Waals surface area contributed by atoms with Crippen LogP contribution in [0.2, 0.25) is 5.02 Å². The fourth-order valence-electron chi connectivity index (χ4n) is 2.91. The van der Waals surface area contributed by atoms with Gasteiger partial charge in [0.2, 0.25) is 0 Å². The van der Waals surface area contributed by atoms with E-state index in [0.29, 0.717) is 26.8 Å². The van der Waals surface area contributed by atoms with E-state index >= 15 is 0 Å². The smallest absolute Gasteiger partial charge is 0.261 e. The summed E-state index contributed by atoms with van der Waals surface area (Å²) in [5.41, 5.74) is 0.212. The van der Waals surface area contributed by atoms with Gasteiger partial charge in [0.25, 0.3) is 5.56 Å². The summed E-state index contributed by atoms with van der Waals surface area (Å²) < 4.78 is 1.94. The number of nitrogens with one attached hydrogen (secondary N) is 1. The van der Waals surface area contributed by atoms with E-state index in [0.717, 1.165) is 13.0 Å². The lowest BCUT2D eigenvalue weighted by atomic mass is 9.97. The summed E-state index contributed by atoms with van der Waals surface area (Å²) in [7, 11) is 0. The number of hydrogen-bond acceptors (Lipinski definition) is 5. The number of aromatic nitrogens is 2. The zero-order valence-electron chi connectivity index (χ0n) is 13.2. The van der Waals surface area contributed by atoms with Crippen LogP contribution in [-0.4, -0.2) is 39.1 Å². The first-order valence-electron chi connectivity index (χ1n) is 7.73. The number of aliphatic hydroxyl groups excluding tert-OH is 1. The summed E-state index contributed by atoms with van der Waals surface area (Å²) in [6, 6.07) is 2.97. The van der Waals surface area contributed by atoms with Gasteiger partial charge < -0.3 is 10.4 Å². The van der Waals surface area contributed by atoms with Crippen molar-refractivity contribution < 1.29 is 9.90 Å². The lowest BCUT2D eigenvalue weighted by Crippen LogP contribution is -2.46. The zero-order chi connectivity index (χ0) is 17.3. The van der Waals surface area contributed by atoms with Gasteiger partial charge in [-0.2, -0.15) is 0 Å². The average molecular weight is 451 g/mol. The standard InChI is InChI=1S/C16H17BrClN3O3.ClH/c17-11-6-13-10(5-12(11)18)16(24)21(8-20-13)7-9(22)4-14-15(23)2-1-3-19-14;/h5-6,8,14-15,19,23H,1-4,7H2;1H/t14?,15-;/m1./s1. The molecule has 1 aromatic heterocycles. The van der Waals surface area contributed by atoms with Crippen LogP contribution in [0.4, 0.5) is 0 Å². The number of Topliss-reactive ketones (excluding diaryl/α,β-unsaturated/α-hetero) is 1. The molecule has 3 rings (SSSR count). The van der Waals surface area contributed by atoms with Crippen LogP contribution in [0.25, 0.3) is 10.9 Å². The highest BCUT2D eigenvalue weighted by molar-refractivity contribution is 9.10. The fraction of sp³-hybridized carbons (Fsp3) is 0.438. The molecule has 6 nitrogen and oxygen atoms in total. The van der Waals surface area contributed by atoms with Crippen LogP contribution >= 0.6 is 39.9 Å². The number of fused-ring (bicyclic) bond motifs is 1. The summed E-state index contributed by atoms with van der Waals surface area (Å²) in [5, 5.41) is 13.9. The molecule has 0 amide bonds. The first kappa shape index (κ1) is 20.3. The van der Waals surface area contributed by atoms with Gasteiger partial charge in [0.15, 0.2) is 5.78 Å². The Labute approximate surface area is 164 Å². The molecule has 1 aliphatic rings. The second-order valence-electron chi connectivity index (χ2n) is 5.97. The highest BCUT2D eigenvalue weighted by Gasteiger charge is 2.25. The van der Waals surface area contributed by atoms with Crippen molar-refractivity contribution in [2.45, 2.75) is 38.0 Å². The van der Waals surface area contributed by atoms with Gasteiger partial charge in [-0.15, -0.1) is 12.4 Å². The van der Waals surface area contributed by atoms with Crippen LogP contribution in [0.1, 0.15) is 19.3 Å². The minimum atomic E-state index is -0.523. The molecule has 1 saturated heterocycles. The molecule has 2 heterocycles. The van der Waals surface area contributed by atoms with Gasteiger partial charge in [-0.05, 0) is 47.4 Å². The number of ketones is 1. The summed E-state index contributed by atoms with van der Waals surface area (Å²) in [6.45, 7) is 0.722. The maximum atomic E-state index is 12.5. The molecule has 2 N–H and O–H groups in total. The van der Waals surface area contributed by atoms with Gasteiger partial charge >= 0.3 is 0 Å². The monoisotopic (exact) mass is 449 g/mol. The van der Waals surface area contributed by atoms with E-state index in [4.69, 9.17) is 11.6 Å². The molecule has 9 heteroatoms. The third kappa shape index (κ3) is 4.60. The predicted molar refractivity (Wildman–Crippen MR) is 103 cm³/mol. The van der Waals surface area contributed by atoms with Crippen LogP contribution in [-0.2, 0) is 11.3 Å². The van der Waals surface area contributed by atoms with Crippen LogP contribution in [0.5, 0.6) is 0 Å². The quantitative estimate of drug-likeness (QED) is 0.746. The average Bonchev–Trinajstić information content (AvgIpc) is 2.54. The number of rotatable bonds is 4. The van der Waals surface area contributed by atoms with E-state index in [1.807, 2.05) is 0 Å². The maximum absolute atomic E-state index is 12.5. The van der Waals surface area contributed by atoms with Crippen LogP contribution in [0.3, 0.4) is 0 Å². The van der Waals surface area contributed by atoms with Gasteiger partial charge in [-0.3, -0.25) is 14.2 Å². The number of piperidine rings is 1. The van der Waals surface area contributed by atoms with Crippen molar-refractivity contribution >= 4 is 56.6 Å². The normalized spacial score (nSPS) is 20.3. The third-order valence-electron chi connectivity index (χ3n) is 4.21. The van der Waals surface area contributed by atoms with E-state index in [1.165, 1.54) is 10.9 Å². The Morgan fingerprint density at radius 3 is 2.96 bits per heavy atom. The molecule has 0 aliphatic carbocycles. The van der Waals surface area contributed by atoms with Crippen LogP contribution in [0, 0.1) is 0 Å².